The zero-order chi connectivity index (χ0) is 12.5. The van der Waals surface area contributed by atoms with Crippen LogP contribution in [-0.2, 0) is 9.16 Å². The molecule has 0 unspecified atom stereocenters. The van der Waals surface area contributed by atoms with E-state index >= 15 is 0 Å². The summed E-state index contributed by atoms with van der Waals surface area (Å²) in [5.74, 6) is 0.676. The molecule has 1 heterocycles. The predicted octanol–water partition coefficient (Wildman–Crippen LogP) is 2.96. The Morgan fingerprint density at radius 2 is 1.40 bits per heavy atom. The smallest absolute Gasteiger partial charge is 0.418 e. The third-order valence-corrected chi connectivity index (χ3v) is 2.25. The van der Waals surface area contributed by atoms with E-state index in [1.54, 1.807) is 0 Å². The maximum absolute atomic E-state index is 9.75. The van der Waals surface area contributed by atoms with Gasteiger partial charge in [-0.3, -0.25) is 0 Å². The number of hydrogen-bond acceptors (Lipinski definition) is 1. The first-order chi connectivity index (χ1) is 6.35. The Kier molecular flexibility index (Phi) is 3.82. The van der Waals surface area contributed by atoms with Crippen LogP contribution in [0.3, 0.4) is 0 Å². The topological polar surface area (TPSA) is 20.5 Å². The molecular formula is C8H15BF4O2. The molecule has 15 heavy (non-hydrogen) atoms. The van der Waals surface area contributed by atoms with Gasteiger partial charge in [0.15, 0.2) is 0 Å². The number of ether oxygens (including phenoxy) is 1. The van der Waals surface area contributed by atoms with Crippen LogP contribution < -0.4 is 0 Å². The fraction of sp³-hybridized carbons (Fsp3) is 0.875. The van der Waals surface area contributed by atoms with Crippen molar-refractivity contribution in [3.8, 4) is 0 Å². The van der Waals surface area contributed by atoms with E-state index in [9.17, 15) is 17.3 Å². The standard InChI is InChI=1S/C8H15O2.BF4/c1-6-9-7(2,3)8(4,5)10-6;2-1(3,4)5/h1-5H3;/q+1;-1. The number of cyclic esters (lactones) is 1. The van der Waals surface area contributed by atoms with Crippen LogP contribution in [0.1, 0.15) is 34.6 Å². The quantitative estimate of drug-likeness (QED) is 0.271. The van der Waals surface area contributed by atoms with E-state index in [0.29, 0.717) is 5.97 Å². The van der Waals surface area contributed by atoms with Gasteiger partial charge in [-0.2, -0.15) is 0 Å². The van der Waals surface area contributed by atoms with Gasteiger partial charge in [-0.1, -0.05) is 0 Å². The van der Waals surface area contributed by atoms with E-state index in [1.807, 2.05) is 34.6 Å². The summed E-state index contributed by atoms with van der Waals surface area (Å²) >= 11 is 0. The van der Waals surface area contributed by atoms with Crippen molar-refractivity contribution in [2.24, 2.45) is 0 Å². The molecule has 1 aliphatic heterocycles. The van der Waals surface area contributed by atoms with Crippen molar-refractivity contribution in [1.82, 2.24) is 0 Å². The maximum Gasteiger partial charge on any atom is 0.673 e. The lowest BCUT2D eigenvalue weighted by atomic mass is 9.90. The molecular weight excluding hydrogens is 215 g/mol. The van der Waals surface area contributed by atoms with Gasteiger partial charge >= 0.3 is 13.2 Å². The number of esters is 1. The van der Waals surface area contributed by atoms with E-state index in [0.717, 1.165) is 0 Å². The molecule has 0 saturated heterocycles. The summed E-state index contributed by atoms with van der Waals surface area (Å²) in [5.41, 5.74) is -0.395. The molecule has 7 heteroatoms. The SMILES string of the molecule is CC1=[O+]C(C)(C)C(C)(C)O1.F[B-](F)(F)F. The highest BCUT2D eigenvalue weighted by Gasteiger charge is 2.56. The minimum Gasteiger partial charge on any atom is -0.418 e. The predicted molar refractivity (Wildman–Crippen MR) is 50.1 cm³/mol. The second-order valence-electron chi connectivity index (χ2n) is 4.21. The van der Waals surface area contributed by atoms with Gasteiger partial charge in [-0.05, 0) is 0 Å². The zero-order valence-electron chi connectivity index (χ0n) is 9.41. The lowest BCUT2D eigenvalue weighted by molar-refractivity contribution is -0.543. The summed E-state index contributed by atoms with van der Waals surface area (Å²) in [5, 5.41) is 0. The zero-order valence-corrected chi connectivity index (χ0v) is 9.41. The molecule has 2 nitrogen and oxygen atoms in total. The van der Waals surface area contributed by atoms with Crippen LogP contribution in [0.25, 0.3) is 0 Å². The van der Waals surface area contributed by atoms with Crippen molar-refractivity contribution in [1.29, 1.82) is 0 Å². The second kappa shape index (κ2) is 4.02. The van der Waals surface area contributed by atoms with E-state index in [2.05, 4.69) is 0 Å². The van der Waals surface area contributed by atoms with Gasteiger partial charge in [-0.15, -0.1) is 0 Å². The van der Waals surface area contributed by atoms with Gasteiger partial charge in [0.2, 0.25) is 0 Å². The van der Waals surface area contributed by atoms with E-state index in [4.69, 9.17) is 9.16 Å². The molecule has 0 spiro atoms. The van der Waals surface area contributed by atoms with Gasteiger partial charge < -0.3 is 26.4 Å². The van der Waals surface area contributed by atoms with Crippen molar-refractivity contribution in [3.05, 3.63) is 0 Å². The van der Waals surface area contributed by atoms with Crippen LogP contribution in [-0.4, -0.2) is 24.4 Å². The van der Waals surface area contributed by atoms with E-state index in [-0.39, 0.29) is 11.2 Å². The highest BCUT2D eigenvalue weighted by atomic mass is 19.5. The average molecular weight is 230 g/mol. The average Bonchev–Trinajstić information content (AvgIpc) is 1.93. The minimum atomic E-state index is -6.00. The molecule has 0 atom stereocenters. The first-order valence-electron chi connectivity index (χ1n) is 4.44. The first kappa shape index (κ1) is 14.3. The van der Waals surface area contributed by atoms with Gasteiger partial charge in [0.1, 0.15) is 0 Å². The van der Waals surface area contributed by atoms with Crippen LogP contribution in [0, 0.1) is 0 Å². The molecule has 0 aromatic heterocycles. The molecule has 0 aliphatic carbocycles. The van der Waals surface area contributed by atoms with Gasteiger partial charge in [0.25, 0.3) is 11.2 Å². The summed E-state index contributed by atoms with van der Waals surface area (Å²) in [4.78, 5) is 0. The van der Waals surface area contributed by atoms with Crippen LogP contribution in [0.15, 0.2) is 0 Å². The molecule has 0 bridgehead atoms. The summed E-state index contributed by atoms with van der Waals surface area (Å²) in [6.45, 7) is 9.97. The lowest BCUT2D eigenvalue weighted by Crippen LogP contribution is -2.42. The van der Waals surface area contributed by atoms with Gasteiger partial charge in [-0.25, -0.2) is 0 Å². The highest BCUT2D eigenvalue weighted by molar-refractivity contribution is 6.50. The van der Waals surface area contributed by atoms with Crippen LogP contribution >= 0.6 is 0 Å². The first-order valence-corrected chi connectivity index (χ1v) is 4.44. The molecule has 0 N–H and O–H groups in total. The van der Waals surface area contributed by atoms with E-state index < -0.39 is 7.25 Å². The largest absolute Gasteiger partial charge is 0.673 e. The normalized spacial score (nSPS) is 22.3. The summed E-state index contributed by atoms with van der Waals surface area (Å²) in [7, 11) is -6.00. The van der Waals surface area contributed by atoms with Crippen molar-refractivity contribution in [3.63, 3.8) is 0 Å². The van der Waals surface area contributed by atoms with Crippen molar-refractivity contribution in [2.45, 2.75) is 45.8 Å². The Labute approximate surface area is 86.4 Å². The Hall–Kier alpha value is -0.745. The molecule has 1 aliphatic rings. The monoisotopic (exact) mass is 230 g/mol. The third-order valence-electron chi connectivity index (χ3n) is 2.25. The number of rotatable bonds is 0. The molecule has 0 radical (unpaired) electrons. The van der Waals surface area contributed by atoms with E-state index in [1.165, 1.54) is 0 Å². The summed E-state index contributed by atoms with van der Waals surface area (Å²) in [6, 6.07) is 0. The summed E-state index contributed by atoms with van der Waals surface area (Å²) in [6.07, 6.45) is 0. The second-order valence-corrected chi connectivity index (χ2v) is 4.21. The minimum absolute atomic E-state index is 0.197. The van der Waals surface area contributed by atoms with Crippen LogP contribution in [0.4, 0.5) is 17.3 Å². The Morgan fingerprint density at radius 1 is 1.07 bits per heavy atom. The van der Waals surface area contributed by atoms with Gasteiger partial charge in [0, 0.05) is 27.7 Å². The van der Waals surface area contributed by atoms with Gasteiger partial charge in [0.05, 0.1) is 6.92 Å². The van der Waals surface area contributed by atoms with Crippen molar-refractivity contribution < 1.29 is 26.4 Å². The number of halogens is 4. The fourth-order valence-electron chi connectivity index (χ4n) is 0.985. The van der Waals surface area contributed by atoms with Crippen molar-refractivity contribution >= 4 is 13.2 Å². The molecule has 0 aromatic carbocycles. The fourth-order valence-corrected chi connectivity index (χ4v) is 0.985. The highest BCUT2D eigenvalue weighted by Crippen LogP contribution is 2.31. The number of carbonyl (C=O) groups excluding carboxylic acids is 1. The van der Waals surface area contributed by atoms with Crippen molar-refractivity contribution in [2.75, 3.05) is 0 Å². The van der Waals surface area contributed by atoms with Crippen LogP contribution in [0.2, 0.25) is 0 Å². The van der Waals surface area contributed by atoms with Crippen LogP contribution in [0.5, 0.6) is 0 Å². The Balaban J connectivity index is 0.000000336. The Morgan fingerprint density at radius 3 is 1.47 bits per heavy atom. The molecule has 0 saturated carbocycles. The molecule has 90 valence electrons. The third kappa shape index (κ3) is 5.04. The molecule has 0 fully saturated rings. The summed E-state index contributed by atoms with van der Waals surface area (Å²) < 4.78 is 49.9. The maximum atomic E-state index is 9.75. The molecule has 0 amide bonds. The molecule has 1 rings (SSSR count). The number of hydrogen-bond donors (Lipinski definition) is 0. The Bertz CT molecular complexity index is 252. The lowest BCUT2D eigenvalue weighted by Gasteiger charge is -2.19. The molecule has 0 aromatic rings.